The molecule has 0 bridgehead atoms. The third-order valence-electron chi connectivity index (χ3n) is 3.01. The minimum absolute atomic E-state index is 0.0360. The van der Waals surface area contributed by atoms with Gasteiger partial charge in [-0.05, 0) is 31.4 Å². The van der Waals surface area contributed by atoms with Crippen LogP contribution < -0.4 is 10.6 Å². The van der Waals surface area contributed by atoms with Crippen LogP contribution in [0.25, 0.3) is 0 Å². The minimum Gasteiger partial charge on any atom is -0.399 e. The van der Waals surface area contributed by atoms with Crippen LogP contribution in [0, 0.1) is 11.6 Å². The lowest BCUT2D eigenvalue weighted by Gasteiger charge is -2.36. The highest BCUT2D eigenvalue weighted by Gasteiger charge is 2.26. The second-order valence-electron chi connectivity index (χ2n) is 4.03. The summed E-state index contributed by atoms with van der Waals surface area (Å²) < 4.78 is 27.0. The molecule has 82 valence electrons. The van der Waals surface area contributed by atoms with Gasteiger partial charge < -0.3 is 10.6 Å². The smallest absolute Gasteiger partial charge is 0.151 e. The topological polar surface area (TPSA) is 29.3 Å². The van der Waals surface area contributed by atoms with E-state index in [9.17, 15) is 8.78 Å². The Bertz CT molecular complexity index is 352. The van der Waals surface area contributed by atoms with Gasteiger partial charge in [-0.1, -0.05) is 0 Å². The van der Waals surface area contributed by atoms with E-state index in [2.05, 4.69) is 0 Å². The Morgan fingerprint density at radius 1 is 1.27 bits per heavy atom. The Labute approximate surface area is 87.7 Å². The van der Waals surface area contributed by atoms with Gasteiger partial charge in [0.15, 0.2) is 11.6 Å². The van der Waals surface area contributed by atoms with Crippen molar-refractivity contribution in [1.82, 2.24) is 0 Å². The average Bonchev–Trinajstić information content (AvgIpc) is 1.97. The average molecular weight is 212 g/mol. The van der Waals surface area contributed by atoms with Crippen molar-refractivity contribution in [2.24, 2.45) is 0 Å². The molecule has 0 spiro atoms. The Hall–Kier alpha value is -1.32. The van der Waals surface area contributed by atoms with Crippen molar-refractivity contribution >= 4 is 11.4 Å². The molecular weight excluding hydrogens is 198 g/mol. The molecule has 0 radical (unpaired) electrons. The molecule has 0 aliphatic heterocycles. The lowest BCUT2D eigenvalue weighted by Crippen LogP contribution is -2.38. The Morgan fingerprint density at radius 2 is 1.80 bits per heavy atom. The van der Waals surface area contributed by atoms with Crippen molar-refractivity contribution < 1.29 is 8.78 Å². The van der Waals surface area contributed by atoms with Gasteiger partial charge in [0.25, 0.3) is 0 Å². The molecule has 0 amide bonds. The molecule has 4 heteroatoms. The highest BCUT2D eigenvalue weighted by Crippen LogP contribution is 2.32. The second kappa shape index (κ2) is 3.68. The highest BCUT2D eigenvalue weighted by molar-refractivity contribution is 5.56. The number of halogens is 2. The number of anilines is 2. The number of rotatable bonds is 2. The SMILES string of the molecule is CN(c1c(F)cc(N)cc1F)C1CCC1. The third kappa shape index (κ3) is 1.76. The molecule has 1 saturated carbocycles. The molecule has 0 atom stereocenters. The van der Waals surface area contributed by atoms with Crippen molar-refractivity contribution in [2.45, 2.75) is 25.3 Å². The Kier molecular flexibility index (Phi) is 2.50. The fraction of sp³-hybridized carbons (Fsp3) is 0.455. The van der Waals surface area contributed by atoms with E-state index in [0.29, 0.717) is 0 Å². The largest absolute Gasteiger partial charge is 0.399 e. The van der Waals surface area contributed by atoms with Gasteiger partial charge in [0, 0.05) is 18.8 Å². The minimum atomic E-state index is -0.582. The number of nitrogens with two attached hydrogens (primary N) is 1. The number of hydrogen-bond donors (Lipinski definition) is 1. The van der Waals surface area contributed by atoms with Crippen LogP contribution in [-0.4, -0.2) is 13.1 Å². The summed E-state index contributed by atoms with van der Waals surface area (Å²) in [6, 6.07) is 2.58. The van der Waals surface area contributed by atoms with Crippen LogP contribution >= 0.6 is 0 Å². The highest BCUT2D eigenvalue weighted by atomic mass is 19.1. The molecule has 2 N–H and O–H groups in total. The first kappa shape index (κ1) is 10.2. The number of nitrogen functional groups attached to an aromatic ring is 1. The van der Waals surface area contributed by atoms with Crippen molar-refractivity contribution in [3.63, 3.8) is 0 Å². The normalized spacial score (nSPS) is 16.2. The van der Waals surface area contributed by atoms with E-state index in [1.807, 2.05) is 0 Å². The van der Waals surface area contributed by atoms with Crippen molar-refractivity contribution in [3.8, 4) is 0 Å². The summed E-state index contributed by atoms with van der Waals surface area (Å²) in [5.41, 5.74) is 5.51. The molecule has 0 aromatic heterocycles. The molecule has 1 fully saturated rings. The van der Waals surface area contributed by atoms with E-state index >= 15 is 0 Å². The maximum atomic E-state index is 13.5. The summed E-state index contributed by atoms with van der Waals surface area (Å²) >= 11 is 0. The monoisotopic (exact) mass is 212 g/mol. The van der Waals surface area contributed by atoms with E-state index in [1.165, 1.54) is 0 Å². The second-order valence-corrected chi connectivity index (χ2v) is 4.03. The van der Waals surface area contributed by atoms with Crippen LogP contribution in [-0.2, 0) is 0 Å². The van der Waals surface area contributed by atoms with Crippen LogP contribution in [0.1, 0.15) is 19.3 Å². The van der Waals surface area contributed by atoms with E-state index in [1.54, 1.807) is 11.9 Å². The van der Waals surface area contributed by atoms with Crippen LogP contribution in [0.3, 0.4) is 0 Å². The molecule has 0 unspecified atom stereocenters. The van der Waals surface area contributed by atoms with Gasteiger partial charge in [0.2, 0.25) is 0 Å². The lowest BCUT2D eigenvalue weighted by molar-refractivity contribution is 0.393. The maximum Gasteiger partial charge on any atom is 0.151 e. The van der Waals surface area contributed by atoms with Gasteiger partial charge in [-0.25, -0.2) is 8.78 Å². The summed E-state index contributed by atoms with van der Waals surface area (Å²) in [7, 11) is 1.72. The zero-order valence-electron chi connectivity index (χ0n) is 8.63. The standard InChI is InChI=1S/C11H14F2N2/c1-15(8-3-2-4-8)11-9(12)5-7(14)6-10(11)13/h5-6,8H,2-4,14H2,1H3. The summed E-state index contributed by atoms with van der Waals surface area (Å²) in [5.74, 6) is -1.16. The summed E-state index contributed by atoms with van der Waals surface area (Å²) in [6.07, 6.45) is 3.13. The van der Waals surface area contributed by atoms with Gasteiger partial charge in [-0.2, -0.15) is 0 Å². The molecule has 0 saturated heterocycles. The number of hydrogen-bond acceptors (Lipinski definition) is 2. The molecule has 1 aromatic carbocycles. The zero-order chi connectivity index (χ0) is 11.0. The molecule has 1 aromatic rings. The molecule has 1 aliphatic carbocycles. The molecule has 1 aliphatic rings. The first-order valence-electron chi connectivity index (χ1n) is 5.07. The zero-order valence-corrected chi connectivity index (χ0v) is 8.63. The maximum absolute atomic E-state index is 13.5. The molecule has 15 heavy (non-hydrogen) atoms. The molecule has 0 heterocycles. The van der Waals surface area contributed by atoms with Gasteiger partial charge >= 0.3 is 0 Å². The first-order chi connectivity index (χ1) is 7.09. The Balaban J connectivity index is 2.33. The fourth-order valence-electron chi connectivity index (χ4n) is 1.88. The summed E-state index contributed by atoms with van der Waals surface area (Å²) in [5, 5.41) is 0. The summed E-state index contributed by atoms with van der Waals surface area (Å²) in [6.45, 7) is 0. The van der Waals surface area contributed by atoms with Gasteiger partial charge in [0.1, 0.15) is 5.69 Å². The van der Waals surface area contributed by atoms with E-state index in [-0.39, 0.29) is 17.4 Å². The lowest BCUT2D eigenvalue weighted by atomic mass is 9.91. The predicted octanol–water partition coefficient (Wildman–Crippen LogP) is 2.54. The van der Waals surface area contributed by atoms with E-state index < -0.39 is 11.6 Å². The third-order valence-corrected chi connectivity index (χ3v) is 3.01. The molecular formula is C11H14F2N2. The van der Waals surface area contributed by atoms with Crippen molar-refractivity contribution in [1.29, 1.82) is 0 Å². The van der Waals surface area contributed by atoms with Crippen molar-refractivity contribution in [3.05, 3.63) is 23.8 Å². The first-order valence-corrected chi connectivity index (χ1v) is 5.07. The summed E-state index contributed by atoms with van der Waals surface area (Å²) in [4.78, 5) is 1.67. The Morgan fingerprint density at radius 3 is 2.20 bits per heavy atom. The fourth-order valence-corrected chi connectivity index (χ4v) is 1.88. The number of nitrogens with zero attached hydrogens (tertiary/aromatic N) is 1. The molecule has 2 nitrogen and oxygen atoms in total. The van der Waals surface area contributed by atoms with Gasteiger partial charge in [-0.3, -0.25) is 0 Å². The predicted molar refractivity (Wildman–Crippen MR) is 56.8 cm³/mol. The van der Waals surface area contributed by atoms with Crippen LogP contribution in [0.5, 0.6) is 0 Å². The van der Waals surface area contributed by atoms with Crippen LogP contribution in [0.2, 0.25) is 0 Å². The van der Waals surface area contributed by atoms with Crippen LogP contribution in [0.4, 0.5) is 20.2 Å². The number of benzene rings is 1. The quantitative estimate of drug-likeness (QED) is 0.763. The van der Waals surface area contributed by atoms with Crippen LogP contribution in [0.15, 0.2) is 12.1 Å². The van der Waals surface area contributed by atoms with E-state index in [4.69, 9.17) is 5.73 Å². The van der Waals surface area contributed by atoms with Gasteiger partial charge in [-0.15, -0.1) is 0 Å². The van der Waals surface area contributed by atoms with E-state index in [0.717, 1.165) is 31.4 Å². The van der Waals surface area contributed by atoms with Gasteiger partial charge in [0.05, 0.1) is 0 Å². The molecule has 2 rings (SSSR count). The van der Waals surface area contributed by atoms with Crippen molar-refractivity contribution in [2.75, 3.05) is 17.7 Å².